The molecule has 0 radical (unpaired) electrons. The lowest BCUT2D eigenvalue weighted by Crippen LogP contribution is -2.49. The first-order valence-corrected chi connectivity index (χ1v) is 12.9. The van der Waals surface area contributed by atoms with Crippen molar-refractivity contribution >= 4 is 5.91 Å². The van der Waals surface area contributed by atoms with E-state index < -0.39 is 0 Å². The lowest BCUT2D eigenvalue weighted by atomic mass is 9.68. The number of aliphatic hydroxyl groups excluding tert-OH is 1. The van der Waals surface area contributed by atoms with Crippen molar-refractivity contribution < 1.29 is 19.4 Å². The number of carbonyl (C=O) groups excluding carboxylic acids is 1. The van der Waals surface area contributed by atoms with Crippen molar-refractivity contribution in [2.45, 2.75) is 83.5 Å². The number of aliphatic hydroxyl groups is 1. The van der Waals surface area contributed by atoms with Gasteiger partial charge in [-0.2, -0.15) is 0 Å². The predicted octanol–water partition coefficient (Wildman–Crippen LogP) is 3.55. The molecule has 1 aliphatic carbocycles. The van der Waals surface area contributed by atoms with Crippen LogP contribution in [-0.4, -0.2) is 72.5 Å². The van der Waals surface area contributed by atoms with Gasteiger partial charge in [0.05, 0.1) is 0 Å². The van der Waals surface area contributed by atoms with Crippen LogP contribution in [0, 0.1) is 17.8 Å². The van der Waals surface area contributed by atoms with Gasteiger partial charge in [-0.3, -0.25) is 4.79 Å². The van der Waals surface area contributed by atoms with E-state index in [9.17, 15) is 9.90 Å². The molecule has 31 heavy (non-hydrogen) atoms. The number of likely N-dealkylation sites (tertiary alicyclic amines) is 2. The molecule has 4 rings (SSSR count). The summed E-state index contributed by atoms with van der Waals surface area (Å²) in [5, 5.41) is 9.37. The summed E-state index contributed by atoms with van der Waals surface area (Å²) < 4.78 is 12.2. The number of nitrogens with zero attached hydrogens (tertiary/aromatic N) is 2. The van der Waals surface area contributed by atoms with Gasteiger partial charge in [0, 0.05) is 38.3 Å². The molecule has 0 spiro atoms. The van der Waals surface area contributed by atoms with E-state index in [4.69, 9.17) is 9.47 Å². The minimum atomic E-state index is -0.378. The number of hydrogen-bond donors (Lipinski definition) is 1. The van der Waals surface area contributed by atoms with Crippen LogP contribution in [0.4, 0.5) is 0 Å². The molecule has 3 heterocycles. The molecule has 0 aromatic carbocycles. The van der Waals surface area contributed by atoms with Gasteiger partial charge in [0.25, 0.3) is 5.91 Å². The highest BCUT2D eigenvalue weighted by Crippen LogP contribution is 2.45. The second-order valence-electron chi connectivity index (χ2n) is 9.89. The average Bonchev–Trinajstić information content (AvgIpc) is 2.77. The van der Waals surface area contributed by atoms with Crippen molar-refractivity contribution in [1.82, 2.24) is 9.80 Å². The van der Waals surface area contributed by atoms with E-state index in [1.165, 1.54) is 51.6 Å². The Balaban J connectivity index is 1.42. The number of ether oxygens (including phenoxy) is 2. The molecular weight excluding hydrogens is 392 g/mol. The highest BCUT2D eigenvalue weighted by Gasteiger charge is 2.43. The Morgan fingerprint density at radius 1 is 1.10 bits per heavy atom. The molecule has 1 N–H and O–H groups in total. The van der Waals surface area contributed by atoms with Crippen LogP contribution in [0.3, 0.4) is 0 Å². The van der Waals surface area contributed by atoms with E-state index in [2.05, 4.69) is 11.0 Å². The zero-order valence-electron chi connectivity index (χ0n) is 19.3. The average molecular weight is 435 g/mol. The van der Waals surface area contributed by atoms with E-state index in [1.807, 2.05) is 11.8 Å². The summed E-state index contributed by atoms with van der Waals surface area (Å²) in [5.74, 6) is 1.70. The second-order valence-corrected chi connectivity index (χ2v) is 9.89. The molecule has 3 atom stereocenters. The number of hydrogen-bond acceptors (Lipinski definition) is 5. The zero-order valence-corrected chi connectivity index (χ0v) is 19.3. The number of allylic oxidation sites excluding steroid dienone is 1. The van der Waals surface area contributed by atoms with Gasteiger partial charge in [0.2, 0.25) is 6.29 Å². The minimum Gasteiger partial charge on any atom is -0.459 e. The van der Waals surface area contributed by atoms with Crippen molar-refractivity contribution in [3.8, 4) is 0 Å². The Bertz CT molecular complexity index is 607. The fourth-order valence-corrected chi connectivity index (χ4v) is 6.01. The third-order valence-electron chi connectivity index (χ3n) is 8.02. The lowest BCUT2D eigenvalue weighted by molar-refractivity contribution is -0.181. The first kappa shape index (κ1) is 23.1. The van der Waals surface area contributed by atoms with Crippen molar-refractivity contribution in [2.24, 2.45) is 17.8 Å². The molecule has 0 bridgehead atoms. The summed E-state index contributed by atoms with van der Waals surface area (Å²) in [6, 6.07) is 0.632. The van der Waals surface area contributed by atoms with Crippen LogP contribution < -0.4 is 0 Å². The summed E-state index contributed by atoms with van der Waals surface area (Å²) in [6.07, 6.45) is 13.2. The Morgan fingerprint density at radius 3 is 2.45 bits per heavy atom. The summed E-state index contributed by atoms with van der Waals surface area (Å²) in [4.78, 5) is 18.0. The molecule has 1 amide bonds. The number of amides is 1. The molecule has 0 unspecified atom stereocenters. The van der Waals surface area contributed by atoms with Crippen LogP contribution in [0.2, 0.25) is 0 Å². The van der Waals surface area contributed by atoms with Gasteiger partial charge in [-0.1, -0.05) is 12.8 Å². The quantitative estimate of drug-likeness (QED) is 0.633. The van der Waals surface area contributed by atoms with Crippen LogP contribution in [0.1, 0.15) is 71.1 Å². The van der Waals surface area contributed by atoms with Crippen LogP contribution in [0.5, 0.6) is 0 Å². The molecule has 0 aromatic heterocycles. The van der Waals surface area contributed by atoms with Crippen LogP contribution >= 0.6 is 0 Å². The molecule has 176 valence electrons. The van der Waals surface area contributed by atoms with Crippen molar-refractivity contribution in [1.29, 1.82) is 0 Å². The number of piperidine rings is 2. The lowest BCUT2D eigenvalue weighted by Gasteiger charge is -2.44. The molecule has 3 aliphatic heterocycles. The second kappa shape index (κ2) is 11.2. The summed E-state index contributed by atoms with van der Waals surface area (Å²) in [5.41, 5.74) is 0. The number of rotatable bonds is 8. The van der Waals surface area contributed by atoms with E-state index >= 15 is 0 Å². The third-order valence-corrected chi connectivity index (χ3v) is 8.02. The van der Waals surface area contributed by atoms with Crippen molar-refractivity contribution in [2.75, 3.05) is 39.4 Å². The van der Waals surface area contributed by atoms with Gasteiger partial charge in [-0.15, -0.1) is 0 Å². The maximum Gasteiger partial charge on any atom is 0.288 e. The molecule has 6 heteroatoms. The third kappa shape index (κ3) is 5.45. The maximum absolute atomic E-state index is 13.4. The predicted molar refractivity (Wildman–Crippen MR) is 120 cm³/mol. The van der Waals surface area contributed by atoms with E-state index in [1.54, 1.807) is 0 Å². The summed E-state index contributed by atoms with van der Waals surface area (Å²) >= 11 is 0. The molecule has 3 fully saturated rings. The SMILES string of the molecule is CCO[C@H]1OC(C(=O)N2CCC(N3CCCCC3)CC2)=C[C@@H](C2CCC2)[C@@H]1CCCO. The Kier molecular flexibility index (Phi) is 8.30. The molecule has 1 saturated carbocycles. The summed E-state index contributed by atoms with van der Waals surface area (Å²) in [7, 11) is 0. The minimum absolute atomic E-state index is 0.0479. The molecule has 6 nitrogen and oxygen atoms in total. The molecular formula is C25H42N2O4. The smallest absolute Gasteiger partial charge is 0.288 e. The normalized spacial score (nSPS) is 31.1. The molecule has 0 aromatic rings. The van der Waals surface area contributed by atoms with E-state index in [0.717, 1.165) is 38.8 Å². The largest absolute Gasteiger partial charge is 0.459 e. The van der Waals surface area contributed by atoms with Crippen LogP contribution in [0.15, 0.2) is 11.8 Å². The van der Waals surface area contributed by atoms with Crippen molar-refractivity contribution in [3.63, 3.8) is 0 Å². The first-order chi connectivity index (χ1) is 15.2. The molecule has 2 saturated heterocycles. The van der Waals surface area contributed by atoms with Crippen LogP contribution in [0.25, 0.3) is 0 Å². The Morgan fingerprint density at radius 2 is 1.84 bits per heavy atom. The zero-order chi connectivity index (χ0) is 21.6. The fourth-order valence-electron chi connectivity index (χ4n) is 6.01. The Hall–Kier alpha value is -1.11. The van der Waals surface area contributed by atoms with E-state index in [-0.39, 0.29) is 24.7 Å². The topological polar surface area (TPSA) is 62.2 Å². The van der Waals surface area contributed by atoms with E-state index in [0.29, 0.717) is 30.2 Å². The maximum atomic E-state index is 13.4. The highest BCUT2D eigenvalue weighted by molar-refractivity contribution is 5.91. The van der Waals surface area contributed by atoms with Crippen LogP contribution in [-0.2, 0) is 14.3 Å². The van der Waals surface area contributed by atoms with Gasteiger partial charge < -0.3 is 24.4 Å². The van der Waals surface area contributed by atoms with Gasteiger partial charge >= 0.3 is 0 Å². The molecule has 4 aliphatic rings. The Labute approximate surface area is 187 Å². The van der Waals surface area contributed by atoms with Crippen molar-refractivity contribution in [3.05, 3.63) is 11.8 Å². The monoisotopic (exact) mass is 434 g/mol. The van der Waals surface area contributed by atoms with Gasteiger partial charge in [0.15, 0.2) is 5.76 Å². The number of carbonyl (C=O) groups is 1. The highest BCUT2D eigenvalue weighted by atomic mass is 16.7. The van der Waals surface area contributed by atoms with Gasteiger partial charge in [-0.05, 0) is 89.3 Å². The van der Waals surface area contributed by atoms with Gasteiger partial charge in [0.1, 0.15) is 0 Å². The summed E-state index contributed by atoms with van der Waals surface area (Å²) in [6.45, 7) is 6.83. The van der Waals surface area contributed by atoms with Gasteiger partial charge in [-0.25, -0.2) is 0 Å². The fraction of sp³-hybridized carbons (Fsp3) is 0.880. The first-order valence-electron chi connectivity index (χ1n) is 12.9. The standard InChI is InChI=1S/C25H42N2O4/c1-2-30-25-21(10-7-17-28)22(19-8-6-9-19)18-23(31-25)24(29)27-15-11-20(12-16-27)26-13-4-3-5-14-26/h18-22,25,28H,2-17H2,1H3/t21-,22-,25-/m0/s1.